The van der Waals surface area contributed by atoms with Gasteiger partial charge in [0, 0.05) is 32.7 Å². The lowest BCUT2D eigenvalue weighted by atomic mass is 9.77. The zero-order valence-corrected chi connectivity index (χ0v) is 37.2. The highest BCUT2D eigenvalue weighted by molar-refractivity contribution is 6.54. The van der Waals surface area contributed by atoms with Crippen LogP contribution in [0.2, 0.25) is 0 Å². The first-order chi connectivity index (χ1) is 30.5. The Balaban J connectivity index is 1.41. The van der Waals surface area contributed by atoms with Gasteiger partial charge in [0.2, 0.25) is 0 Å². The van der Waals surface area contributed by atoms with Crippen molar-refractivity contribution in [3.05, 3.63) is 143 Å². The first kappa shape index (κ1) is 42.4. The Morgan fingerprint density at radius 1 is 0.578 bits per heavy atom. The van der Waals surface area contributed by atoms with Gasteiger partial charge in [-0.2, -0.15) is 0 Å². The van der Waals surface area contributed by atoms with Crippen LogP contribution in [0.3, 0.4) is 0 Å². The summed E-state index contributed by atoms with van der Waals surface area (Å²) in [6.45, 7) is 15.4. The molecule has 0 bridgehead atoms. The maximum Gasteiger partial charge on any atom is 0.310 e. The number of amides is 2. The maximum atomic E-state index is 15.4. The number of nitrogens with zero attached hydrogens (tertiary/aromatic N) is 1. The molecule has 0 fully saturated rings. The van der Waals surface area contributed by atoms with E-state index in [1.54, 1.807) is 74.5 Å². The molecule has 320 valence electrons. The summed E-state index contributed by atoms with van der Waals surface area (Å²) in [7, 11) is 0.200. The summed E-state index contributed by atoms with van der Waals surface area (Å²) in [5.74, 6) is 0.638. The van der Waals surface area contributed by atoms with Crippen molar-refractivity contribution in [2.24, 2.45) is 0 Å². The minimum absolute atomic E-state index is 0.0130. The van der Waals surface area contributed by atoms with Crippen molar-refractivity contribution in [1.82, 2.24) is 0 Å². The second-order valence-electron chi connectivity index (χ2n) is 18.3. The molecule has 0 aliphatic carbocycles. The van der Waals surface area contributed by atoms with Gasteiger partial charge >= 0.3 is 7.48 Å². The number of aldehydes is 2. The quantitative estimate of drug-likeness (QED) is 0.0400. The minimum Gasteiger partial charge on any atom is -0.457 e. The normalized spacial score (nSPS) is 13.3. The van der Waals surface area contributed by atoms with Crippen LogP contribution in [-0.4, -0.2) is 48.2 Å². The van der Waals surface area contributed by atoms with Crippen LogP contribution in [0.4, 0.5) is 5.69 Å². The molecule has 0 saturated carbocycles. The van der Waals surface area contributed by atoms with E-state index in [1.807, 2.05) is 62.4 Å². The monoisotopic (exact) mass is 849 g/mol. The van der Waals surface area contributed by atoms with Crippen LogP contribution in [0.1, 0.15) is 120 Å². The van der Waals surface area contributed by atoms with Crippen LogP contribution < -0.4 is 19.8 Å². The fourth-order valence-corrected chi connectivity index (χ4v) is 8.85. The van der Waals surface area contributed by atoms with Crippen molar-refractivity contribution in [2.45, 2.75) is 78.4 Å². The van der Waals surface area contributed by atoms with Crippen molar-refractivity contribution >= 4 is 86.1 Å². The van der Waals surface area contributed by atoms with Crippen LogP contribution in [0.15, 0.2) is 109 Å². The van der Waals surface area contributed by atoms with E-state index in [0.29, 0.717) is 72.5 Å². The standard InChI is InChI=1S/C54H48BNO8/c1-29(2)35-11-9-12-36(30(3)4)50(35)56-51(59)40-25-43(62-33-19-15-31(27-57)16-20-33)47-38-14-10-13-37-42(55-64-54(7,8)53(5,6)61)24-23-39(45(37)38)48-44(26-41(52(56)60)46(40)49(47)48)63-34-21-17-32(28-58)18-22-34/h9-30,55,61H,1-8H3. The number of imide groups is 1. The molecule has 1 heterocycles. The molecule has 2 amide bonds. The minimum atomic E-state index is -1.13. The molecule has 1 aliphatic rings. The zero-order valence-electron chi connectivity index (χ0n) is 37.2. The summed E-state index contributed by atoms with van der Waals surface area (Å²) >= 11 is 0. The second kappa shape index (κ2) is 15.7. The number of aliphatic hydroxyl groups is 1. The summed E-state index contributed by atoms with van der Waals surface area (Å²) < 4.78 is 20.1. The average Bonchev–Trinajstić information content (AvgIpc) is 3.27. The Kier molecular flexibility index (Phi) is 10.4. The van der Waals surface area contributed by atoms with Gasteiger partial charge in [0.15, 0.2) is 0 Å². The van der Waals surface area contributed by atoms with E-state index in [1.165, 1.54) is 4.90 Å². The molecule has 8 aromatic carbocycles. The number of benzene rings is 8. The van der Waals surface area contributed by atoms with E-state index in [2.05, 4.69) is 27.7 Å². The molecular weight excluding hydrogens is 801 g/mol. The fraction of sp³-hybridized carbons (Fsp3) is 0.222. The van der Waals surface area contributed by atoms with Gasteiger partial charge in [-0.15, -0.1) is 0 Å². The number of fused-ring (bicyclic) bond motifs is 2. The van der Waals surface area contributed by atoms with E-state index in [-0.39, 0.29) is 19.3 Å². The van der Waals surface area contributed by atoms with E-state index in [4.69, 9.17) is 14.1 Å². The number of ether oxygens (including phenoxy) is 2. The van der Waals surface area contributed by atoms with Crippen LogP contribution in [-0.2, 0) is 4.65 Å². The van der Waals surface area contributed by atoms with Gasteiger partial charge in [-0.3, -0.25) is 19.2 Å². The smallest absolute Gasteiger partial charge is 0.310 e. The number of para-hydroxylation sites is 1. The summed E-state index contributed by atoms with van der Waals surface area (Å²) in [6, 6.07) is 33.0. The Morgan fingerprint density at radius 3 is 1.52 bits per heavy atom. The van der Waals surface area contributed by atoms with Gasteiger partial charge in [-0.05, 0) is 138 Å². The highest BCUT2D eigenvalue weighted by atomic mass is 16.5. The van der Waals surface area contributed by atoms with Crippen molar-refractivity contribution in [3.8, 4) is 23.0 Å². The molecule has 0 spiro atoms. The molecule has 1 N–H and O–H groups in total. The highest BCUT2D eigenvalue weighted by Gasteiger charge is 2.40. The number of hydrogen-bond acceptors (Lipinski definition) is 8. The zero-order chi connectivity index (χ0) is 45.4. The van der Waals surface area contributed by atoms with E-state index in [0.717, 1.165) is 50.7 Å². The largest absolute Gasteiger partial charge is 0.457 e. The molecule has 8 aromatic rings. The highest BCUT2D eigenvalue weighted by Crippen LogP contribution is 2.53. The lowest BCUT2D eigenvalue weighted by molar-refractivity contribution is -0.0893. The van der Waals surface area contributed by atoms with Crippen LogP contribution >= 0.6 is 0 Å². The Bertz CT molecular complexity index is 3050. The third-order valence-corrected chi connectivity index (χ3v) is 13.0. The van der Waals surface area contributed by atoms with E-state index in [9.17, 15) is 14.7 Å². The van der Waals surface area contributed by atoms with Gasteiger partial charge in [0.1, 0.15) is 35.6 Å². The van der Waals surface area contributed by atoms with Gasteiger partial charge in [0.25, 0.3) is 11.8 Å². The third-order valence-electron chi connectivity index (χ3n) is 13.0. The maximum absolute atomic E-state index is 15.4. The molecule has 0 radical (unpaired) electrons. The molecule has 1 aliphatic heterocycles. The molecule has 64 heavy (non-hydrogen) atoms. The molecule has 0 saturated heterocycles. The van der Waals surface area contributed by atoms with E-state index >= 15 is 9.59 Å². The van der Waals surface area contributed by atoms with Crippen LogP contribution in [0.25, 0.3) is 43.1 Å². The van der Waals surface area contributed by atoms with Gasteiger partial charge in [0.05, 0.1) is 28.0 Å². The summed E-state index contributed by atoms with van der Waals surface area (Å²) in [4.78, 5) is 55.5. The molecule has 10 heteroatoms. The fourth-order valence-electron chi connectivity index (χ4n) is 8.85. The number of anilines is 1. The number of carbonyl (C=O) groups excluding carboxylic acids is 4. The summed E-state index contributed by atoms with van der Waals surface area (Å²) in [6.07, 6.45) is 1.53. The molecule has 0 aromatic heterocycles. The van der Waals surface area contributed by atoms with Gasteiger partial charge in [-0.1, -0.05) is 76.2 Å². The first-order valence-electron chi connectivity index (χ1n) is 21.6. The third kappa shape index (κ3) is 6.89. The topological polar surface area (TPSA) is 119 Å². The molecule has 0 unspecified atom stereocenters. The van der Waals surface area contributed by atoms with Gasteiger partial charge < -0.3 is 19.2 Å². The second-order valence-corrected chi connectivity index (χ2v) is 18.3. The van der Waals surface area contributed by atoms with Crippen molar-refractivity contribution in [2.75, 3.05) is 4.90 Å². The van der Waals surface area contributed by atoms with Crippen LogP contribution in [0.5, 0.6) is 23.0 Å². The number of rotatable bonds is 13. The lowest BCUT2D eigenvalue weighted by Crippen LogP contribution is -2.49. The molecule has 9 nitrogen and oxygen atoms in total. The van der Waals surface area contributed by atoms with Gasteiger partial charge in [-0.25, -0.2) is 4.90 Å². The Hall–Kier alpha value is -6.88. The predicted octanol–water partition coefficient (Wildman–Crippen LogP) is 11.5. The Labute approximate surface area is 372 Å². The molecule has 0 atom stereocenters. The molecule has 9 rings (SSSR count). The first-order valence-corrected chi connectivity index (χ1v) is 21.6. The van der Waals surface area contributed by atoms with Crippen molar-refractivity contribution < 1.29 is 38.4 Å². The SMILES string of the molecule is CC(C)c1cccc(C(C)C)c1N1C(=O)c2cc(Oc3ccc(C=O)cc3)c3c4cccc5c(BOC(C)(C)C(C)(C)O)ccc(c6c(Oc7ccc(C=O)cc7)cc(c2c36)C1=O)c54. The van der Waals surface area contributed by atoms with E-state index < -0.39 is 23.0 Å². The van der Waals surface area contributed by atoms with Crippen molar-refractivity contribution in [1.29, 1.82) is 0 Å². The number of hydrogen-bond donors (Lipinski definition) is 1. The lowest BCUT2D eigenvalue weighted by Gasteiger charge is -2.37. The number of carbonyl (C=O) groups is 4. The summed E-state index contributed by atoms with van der Waals surface area (Å²) in [5, 5.41) is 16.8. The average molecular weight is 850 g/mol. The molecular formula is C54H48BNO8. The predicted molar refractivity (Wildman–Crippen MR) is 255 cm³/mol. The van der Waals surface area contributed by atoms with Crippen molar-refractivity contribution in [3.63, 3.8) is 0 Å². The summed E-state index contributed by atoms with van der Waals surface area (Å²) in [5.41, 5.74) is 2.72. The Morgan fingerprint density at radius 2 is 1.05 bits per heavy atom. The van der Waals surface area contributed by atoms with Crippen LogP contribution in [0, 0.1) is 0 Å².